The number of methoxy groups -OCH3 is 1. The maximum Gasteiger partial charge on any atom is 0.317 e. The number of fused-ring (bicyclic) bond motifs is 3. The number of carbonyl (C=O) groups is 1. The molecular weight excluding hydrogens is 354 g/mol. The summed E-state index contributed by atoms with van der Waals surface area (Å²) in [4.78, 5) is 12.8. The predicted octanol–water partition coefficient (Wildman–Crippen LogP) is 4.07. The number of halogens is 1. The van der Waals surface area contributed by atoms with Crippen LogP contribution in [-0.4, -0.2) is 18.9 Å². The second kappa shape index (κ2) is 6.27. The zero-order chi connectivity index (χ0) is 18.5. The molecule has 1 saturated heterocycles. The molecular formula is C20H20ClNO4. The molecule has 4 atom stereocenters. The van der Waals surface area contributed by atoms with Crippen molar-refractivity contribution in [2.75, 3.05) is 12.8 Å². The van der Waals surface area contributed by atoms with Gasteiger partial charge >= 0.3 is 5.97 Å². The monoisotopic (exact) mass is 373 g/mol. The third kappa shape index (κ3) is 2.86. The minimum Gasteiger partial charge on any atom is -0.426 e. The van der Waals surface area contributed by atoms with E-state index in [9.17, 15) is 4.79 Å². The van der Waals surface area contributed by atoms with Crippen molar-refractivity contribution in [1.29, 1.82) is 0 Å². The van der Waals surface area contributed by atoms with E-state index in [1.54, 1.807) is 25.3 Å². The maximum absolute atomic E-state index is 12.8. The zero-order valence-corrected chi connectivity index (χ0v) is 15.3. The highest BCUT2D eigenvalue weighted by Crippen LogP contribution is 2.53. The molecule has 0 spiro atoms. The molecule has 2 aliphatic heterocycles. The van der Waals surface area contributed by atoms with Crippen LogP contribution in [0.4, 0.5) is 5.69 Å². The first-order valence-corrected chi connectivity index (χ1v) is 8.87. The van der Waals surface area contributed by atoms with Crippen molar-refractivity contribution >= 4 is 23.3 Å². The van der Waals surface area contributed by atoms with Crippen molar-refractivity contribution in [3.63, 3.8) is 0 Å². The molecule has 26 heavy (non-hydrogen) atoms. The molecule has 6 heteroatoms. The summed E-state index contributed by atoms with van der Waals surface area (Å²) in [5, 5.41) is 0.649. The fourth-order valence-electron chi connectivity index (χ4n) is 3.90. The Bertz CT molecular complexity index is 853. The van der Waals surface area contributed by atoms with Gasteiger partial charge in [-0.25, -0.2) is 0 Å². The van der Waals surface area contributed by atoms with Crippen LogP contribution < -0.4 is 10.5 Å². The van der Waals surface area contributed by atoms with Crippen LogP contribution >= 0.6 is 11.6 Å². The molecule has 4 rings (SSSR count). The van der Waals surface area contributed by atoms with Crippen LogP contribution in [0, 0.1) is 5.92 Å². The van der Waals surface area contributed by atoms with Crippen LogP contribution in [0.1, 0.15) is 36.5 Å². The molecule has 0 aliphatic carbocycles. The molecule has 0 saturated carbocycles. The van der Waals surface area contributed by atoms with E-state index in [2.05, 4.69) is 0 Å². The lowest BCUT2D eigenvalue weighted by molar-refractivity contribution is -0.279. The molecule has 2 N–H and O–H groups in total. The fourth-order valence-corrected chi connectivity index (χ4v) is 4.02. The highest BCUT2D eigenvalue weighted by molar-refractivity contribution is 6.30. The lowest BCUT2D eigenvalue weighted by atomic mass is 9.73. The molecule has 0 aromatic heterocycles. The smallest absolute Gasteiger partial charge is 0.317 e. The largest absolute Gasteiger partial charge is 0.426 e. The first kappa shape index (κ1) is 17.3. The van der Waals surface area contributed by atoms with Gasteiger partial charge < -0.3 is 19.9 Å². The second-order valence-corrected chi connectivity index (χ2v) is 7.42. The first-order chi connectivity index (χ1) is 12.4. The van der Waals surface area contributed by atoms with Crippen molar-refractivity contribution in [3.8, 4) is 5.75 Å². The number of nitrogens with two attached hydrogens (primary N) is 1. The van der Waals surface area contributed by atoms with E-state index in [-0.39, 0.29) is 11.9 Å². The van der Waals surface area contributed by atoms with E-state index in [0.29, 0.717) is 22.9 Å². The summed E-state index contributed by atoms with van der Waals surface area (Å²) in [5.74, 6) is -1.25. The van der Waals surface area contributed by atoms with Crippen molar-refractivity contribution in [2.24, 2.45) is 5.92 Å². The molecule has 1 fully saturated rings. The molecule has 2 aliphatic rings. The van der Waals surface area contributed by atoms with Gasteiger partial charge in [-0.1, -0.05) is 23.7 Å². The third-order valence-corrected chi connectivity index (χ3v) is 5.53. The molecule has 4 unspecified atom stereocenters. The van der Waals surface area contributed by atoms with E-state index in [4.69, 9.17) is 31.5 Å². The minimum absolute atomic E-state index is 0.127. The normalized spacial score (nSPS) is 30.3. The molecule has 0 radical (unpaired) electrons. The summed E-state index contributed by atoms with van der Waals surface area (Å²) in [6, 6.07) is 12.7. The number of hydrogen-bond acceptors (Lipinski definition) is 5. The standard InChI is InChI=1S/C20H20ClNO4/c1-20(24-2)10-15(11-3-5-12(21)6-4-11)17-18(26-20)14-9-13(22)7-8-16(14)25-19(17)23/h3-9,15,17-18H,10,22H2,1-2H3. The molecule has 0 bridgehead atoms. The van der Waals surface area contributed by atoms with Crippen molar-refractivity contribution < 1.29 is 19.0 Å². The van der Waals surface area contributed by atoms with E-state index >= 15 is 0 Å². The Balaban J connectivity index is 1.83. The molecule has 2 aromatic rings. The van der Waals surface area contributed by atoms with Crippen LogP contribution in [0.5, 0.6) is 5.75 Å². The van der Waals surface area contributed by atoms with Gasteiger partial charge in [-0.15, -0.1) is 0 Å². The average Bonchev–Trinajstić information content (AvgIpc) is 2.62. The quantitative estimate of drug-likeness (QED) is 0.488. The summed E-state index contributed by atoms with van der Waals surface area (Å²) < 4.78 is 17.5. The number of carbonyl (C=O) groups excluding carboxylic acids is 1. The topological polar surface area (TPSA) is 70.8 Å². The fraction of sp³-hybridized carbons (Fsp3) is 0.350. The second-order valence-electron chi connectivity index (χ2n) is 6.98. The first-order valence-electron chi connectivity index (χ1n) is 8.50. The summed E-state index contributed by atoms with van der Waals surface area (Å²) in [6.45, 7) is 1.89. The Hall–Kier alpha value is -2.08. The molecule has 2 aromatic carbocycles. The van der Waals surface area contributed by atoms with Crippen molar-refractivity contribution in [3.05, 3.63) is 58.6 Å². The van der Waals surface area contributed by atoms with Gasteiger partial charge in [-0.3, -0.25) is 4.79 Å². The van der Waals surface area contributed by atoms with E-state index in [1.807, 2.05) is 31.2 Å². The molecule has 2 heterocycles. The zero-order valence-electron chi connectivity index (χ0n) is 14.6. The van der Waals surface area contributed by atoms with Crippen molar-refractivity contribution in [1.82, 2.24) is 0 Å². The van der Waals surface area contributed by atoms with Gasteiger partial charge in [0.05, 0.1) is 5.92 Å². The highest BCUT2D eigenvalue weighted by atomic mass is 35.5. The van der Waals surface area contributed by atoms with Crippen LogP contribution in [0.3, 0.4) is 0 Å². The maximum atomic E-state index is 12.8. The van der Waals surface area contributed by atoms with Crippen LogP contribution in [0.15, 0.2) is 42.5 Å². The Morgan fingerprint density at radius 2 is 1.96 bits per heavy atom. The van der Waals surface area contributed by atoms with E-state index < -0.39 is 17.8 Å². The van der Waals surface area contributed by atoms with Gasteiger partial charge in [0.25, 0.3) is 0 Å². The summed E-state index contributed by atoms with van der Waals surface area (Å²) in [5.41, 5.74) is 8.33. The van der Waals surface area contributed by atoms with Crippen LogP contribution in [0.2, 0.25) is 5.02 Å². The van der Waals surface area contributed by atoms with E-state index in [1.165, 1.54) is 0 Å². The Morgan fingerprint density at radius 1 is 1.23 bits per heavy atom. The molecule has 5 nitrogen and oxygen atoms in total. The lowest BCUT2D eigenvalue weighted by Gasteiger charge is -2.47. The van der Waals surface area contributed by atoms with Crippen molar-refractivity contribution in [2.45, 2.75) is 31.2 Å². The third-order valence-electron chi connectivity index (χ3n) is 5.28. The van der Waals surface area contributed by atoms with Gasteiger partial charge in [-0.2, -0.15) is 0 Å². The summed E-state index contributed by atoms with van der Waals surface area (Å²) >= 11 is 6.03. The van der Waals surface area contributed by atoms with Gasteiger partial charge in [0.15, 0.2) is 5.79 Å². The number of benzene rings is 2. The molecule has 0 amide bonds. The number of ether oxygens (including phenoxy) is 3. The number of nitrogen functional groups attached to an aromatic ring is 1. The number of esters is 1. The van der Waals surface area contributed by atoms with Gasteiger partial charge in [0.2, 0.25) is 0 Å². The number of hydrogen-bond donors (Lipinski definition) is 1. The Morgan fingerprint density at radius 3 is 2.65 bits per heavy atom. The Labute approximate surface area is 157 Å². The number of rotatable bonds is 2. The minimum atomic E-state index is -0.828. The van der Waals surface area contributed by atoms with Crippen LogP contribution in [-0.2, 0) is 14.3 Å². The molecule has 136 valence electrons. The lowest BCUT2D eigenvalue weighted by Crippen LogP contribution is -2.49. The van der Waals surface area contributed by atoms with Gasteiger partial charge in [-0.05, 0) is 42.8 Å². The van der Waals surface area contributed by atoms with Gasteiger partial charge in [0, 0.05) is 35.7 Å². The predicted molar refractivity (Wildman–Crippen MR) is 98.0 cm³/mol. The summed E-state index contributed by atoms with van der Waals surface area (Å²) in [6.07, 6.45) is 0.0353. The van der Waals surface area contributed by atoms with Gasteiger partial charge in [0.1, 0.15) is 11.9 Å². The number of anilines is 1. The highest BCUT2D eigenvalue weighted by Gasteiger charge is 2.52. The Kier molecular flexibility index (Phi) is 4.18. The average molecular weight is 374 g/mol. The van der Waals surface area contributed by atoms with E-state index in [0.717, 1.165) is 11.1 Å². The SMILES string of the molecule is COC1(C)CC(c2ccc(Cl)cc2)C2C(=O)Oc3ccc(N)cc3C2O1. The summed E-state index contributed by atoms with van der Waals surface area (Å²) in [7, 11) is 1.61. The van der Waals surface area contributed by atoms with Crippen LogP contribution in [0.25, 0.3) is 0 Å².